The number of pyridine rings is 2. The summed E-state index contributed by atoms with van der Waals surface area (Å²) < 4.78 is 5.98. The highest BCUT2D eigenvalue weighted by Crippen LogP contribution is 2.26. The lowest BCUT2D eigenvalue weighted by Crippen LogP contribution is -2.35. The SMILES string of the molecule is CN1CCC(Oc2ccc(NC(=O)c3n[nH]c4ccc(-c5cncc(N)c5)cc34)cn2)CC1. The second kappa shape index (κ2) is 8.87. The summed E-state index contributed by atoms with van der Waals surface area (Å²) in [7, 11) is 2.12. The minimum absolute atomic E-state index is 0.175. The van der Waals surface area contributed by atoms with Crippen LogP contribution in [0.25, 0.3) is 22.0 Å². The van der Waals surface area contributed by atoms with Crippen LogP contribution < -0.4 is 15.8 Å². The Morgan fingerprint density at radius 1 is 1.12 bits per heavy atom. The number of nitrogens with zero attached hydrogens (tertiary/aromatic N) is 4. The van der Waals surface area contributed by atoms with Gasteiger partial charge in [0.25, 0.3) is 5.91 Å². The van der Waals surface area contributed by atoms with Gasteiger partial charge in [-0.05, 0) is 49.7 Å². The van der Waals surface area contributed by atoms with Gasteiger partial charge >= 0.3 is 0 Å². The van der Waals surface area contributed by atoms with E-state index in [0.717, 1.165) is 42.6 Å². The maximum absolute atomic E-state index is 12.9. The first kappa shape index (κ1) is 20.9. The van der Waals surface area contributed by atoms with E-state index in [0.29, 0.717) is 28.3 Å². The zero-order chi connectivity index (χ0) is 22.8. The van der Waals surface area contributed by atoms with Gasteiger partial charge in [0.1, 0.15) is 6.10 Å². The van der Waals surface area contributed by atoms with Gasteiger partial charge in [-0.3, -0.25) is 14.9 Å². The van der Waals surface area contributed by atoms with E-state index in [1.165, 1.54) is 0 Å². The molecule has 0 unspecified atom stereocenters. The Labute approximate surface area is 191 Å². The molecule has 0 radical (unpaired) electrons. The molecule has 4 N–H and O–H groups in total. The third-order valence-corrected chi connectivity index (χ3v) is 5.82. The molecule has 0 bridgehead atoms. The minimum Gasteiger partial charge on any atom is -0.474 e. The fraction of sp³-hybridized carbons (Fsp3) is 0.250. The lowest BCUT2D eigenvalue weighted by Gasteiger charge is -2.28. The van der Waals surface area contributed by atoms with Crippen molar-refractivity contribution in [2.75, 3.05) is 31.2 Å². The summed E-state index contributed by atoms with van der Waals surface area (Å²) in [6.07, 6.45) is 7.07. The summed E-state index contributed by atoms with van der Waals surface area (Å²) >= 11 is 0. The van der Waals surface area contributed by atoms with Gasteiger partial charge in [-0.15, -0.1) is 0 Å². The van der Waals surface area contributed by atoms with Crippen molar-refractivity contribution in [2.45, 2.75) is 18.9 Å². The van der Waals surface area contributed by atoms with Crippen LogP contribution in [0, 0.1) is 0 Å². The highest BCUT2D eigenvalue weighted by Gasteiger charge is 2.19. The number of nitrogen functional groups attached to an aromatic ring is 1. The quantitative estimate of drug-likeness (QED) is 0.432. The third-order valence-electron chi connectivity index (χ3n) is 5.82. The molecule has 4 heterocycles. The van der Waals surface area contributed by atoms with Crippen molar-refractivity contribution in [2.24, 2.45) is 0 Å². The van der Waals surface area contributed by atoms with Crippen LogP contribution in [0.2, 0.25) is 0 Å². The van der Waals surface area contributed by atoms with Gasteiger partial charge in [0.05, 0.1) is 23.1 Å². The Morgan fingerprint density at radius 2 is 1.97 bits per heavy atom. The number of rotatable bonds is 5. The first-order valence-corrected chi connectivity index (χ1v) is 10.9. The van der Waals surface area contributed by atoms with Crippen molar-refractivity contribution in [3.8, 4) is 17.0 Å². The summed E-state index contributed by atoms with van der Waals surface area (Å²) in [6, 6.07) is 11.1. The fourth-order valence-electron chi connectivity index (χ4n) is 3.97. The molecule has 9 nitrogen and oxygen atoms in total. The molecule has 168 valence electrons. The molecule has 4 aromatic rings. The number of hydrogen-bond donors (Lipinski definition) is 3. The number of carbonyl (C=O) groups excluding carboxylic acids is 1. The number of aromatic nitrogens is 4. The van der Waals surface area contributed by atoms with Crippen LogP contribution in [-0.2, 0) is 0 Å². The number of ether oxygens (including phenoxy) is 1. The number of amides is 1. The Balaban J connectivity index is 1.30. The van der Waals surface area contributed by atoms with Crippen molar-refractivity contribution in [1.82, 2.24) is 25.1 Å². The molecule has 33 heavy (non-hydrogen) atoms. The maximum atomic E-state index is 12.9. The van der Waals surface area contributed by atoms with Gasteiger partial charge in [-0.1, -0.05) is 6.07 Å². The lowest BCUT2D eigenvalue weighted by atomic mass is 10.0. The molecule has 1 saturated heterocycles. The summed E-state index contributed by atoms with van der Waals surface area (Å²) in [6.45, 7) is 2.04. The normalized spacial score (nSPS) is 14.9. The van der Waals surface area contributed by atoms with Crippen LogP contribution in [-0.4, -0.2) is 57.2 Å². The second-order valence-corrected chi connectivity index (χ2v) is 8.30. The van der Waals surface area contributed by atoms with E-state index in [1.54, 1.807) is 30.7 Å². The number of fused-ring (bicyclic) bond motifs is 1. The molecule has 0 saturated carbocycles. The van der Waals surface area contributed by atoms with Gasteiger partial charge in [-0.2, -0.15) is 5.10 Å². The Hall–Kier alpha value is -3.98. The van der Waals surface area contributed by atoms with E-state index < -0.39 is 0 Å². The average Bonchev–Trinajstić information content (AvgIpc) is 3.25. The van der Waals surface area contributed by atoms with E-state index in [2.05, 4.69) is 37.4 Å². The van der Waals surface area contributed by atoms with Crippen molar-refractivity contribution in [3.63, 3.8) is 0 Å². The molecule has 9 heteroatoms. The average molecular weight is 444 g/mol. The van der Waals surface area contributed by atoms with Gasteiger partial charge in [-0.25, -0.2) is 4.98 Å². The number of aromatic amines is 1. The van der Waals surface area contributed by atoms with Crippen molar-refractivity contribution < 1.29 is 9.53 Å². The smallest absolute Gasteiger partial charge is 0.276 e. The zero-order valence-corrected chi connectivity index (χ0v) is 18.3. The van der Waals surface area contributed by atoms with Crippen LogP contribution in [0.4, 0.5) is 11.4 Å². The first-order valence-electron chi connectivity index (χ1n) is 10.9. The van der Waals surface area contributed by atoms with Crippen LogP contribution in [0.3, 0.4) is 0 Å². The van der Waals surface area contributed by atoms with E-state index in [4.69, 9.17) is 10.5 Å². The number of nitrogens with one attached hydrogen (secondary N) is 2. The topological polar surface area (TPSA) is 122 Å². The number of carbonyl (C=O) groups is 1. The number of H-pyrrole nitrogens is 1. The van der Waals surface area contributed by atoms with Gasteiger partial charge in [0, 0.05) is 42.5 Å². The van der Waals surface area contributed by atoms with E-state index >= 15 is 0 Å². The number of benzene rings is 1. The molecule has 3 aromatic heterocycles. The molecule has 0 atom stereocenters. The molecule has 1 aliphatic rings. The molecule has 1 aliphatic heterocycles. The fourth-order valence-corrected chi connectivity index (χ4v) is 3.97. The van der Waals surface area contributed by atoms with Crippen molar-refractivity contribution in [1.29, 1.82) is 0 Å². The van der Waals surface area contributed by atoms with Crippen LogP contribution in [0.5, 0.6) is 5.88 Å². The largest absolute Gasteiger partial charge is 0.474 e. The van der Waals surface area contributed by atoms with Crippen molar-refractivity contribution in [3.05, 3.63) is 60.7 Å². The molecule has 0 spiro atoms. The Kier molecular flexibility index (Phi) is 5.62. The Bertz CT molecular complexity index is 1280. The zero-order valence-electron chi connectivity index (χ0n) is 18.3. The van der Waals surface area contributed by atoms with Crippen LogP contribution in [0.15, 0.2) is 55.0 Å². The molecular formula is C24H25N7O2. The Morgan fingerprint density at radius 3 is 2.73 bits per heavy atom. The molecule has 5 rings (SSSR count). The summed E-state index contributed by atoms with van der Waals surface area (Å²) in [5.41, 5.74) is 9.84. The summed E-state index contributed by atoms with van der Waals surface area (Å²) in [5, 5.41) is 10.7. The first-order chi connectivity index (χ1) is 16.0. The highest BCUT2D eigenvalue weighted by atomic mass is 16.5. The number of piperidine rings is 1. The third kappa shape index (κ3) is 4.63. The molecule has 1 fully saturated rings. The number of nitrogens with two attached hydrogens (primary N) is 1. The number of hydrogen-bond acceptors (Lipinski definition) is 7. The van der Waals surface area contributed by atoms with Crippen LogP contribution in [0.1, 0.15) is 23.3 Å². The van der Waals surface area contributed by atoms with Crippen molar-refractivity contribution >= 4 is 28.2 Å². The molecule has 0 aliphatic carbocycles. The van der Waals surface area contributed by atoms with E-state index in [9.17, 15) is 4.79 Å². The highest BCUT2D eigenvalue weighted by molar-refractivity contribution is 6.11. The molecular weight excluding hydrogens is 418 g/mol. The van der Waals surface area contributed by atoms with Gasteiger partial charge in [0.15, 0.2) is 5.69 Å². The minimum atomic E-state index is -0.324. The number of likely N-dealkylation sites (tertiary alicyclic amines) is 1. The standard InChI is InChI=1S/C24H25N7O2/c1-31-8-6-19(7-9-31)33-22-5-3-18(14-27-22)28-24(32)23-20-11-15(2-4-21(20)29-30-23)16-10-17(25)13-26-12-16/h2-5,10-14,19H,6-9,25H2,1H3,(H,28,32)(H,29,30). The maximum Gasteiger partial charge on any atom is 0.276 e. The predicted molar refractivity (Wildman–Crippen MR) is 127 cm³/mol. The summed E-state index contributed by atoms with van der Waals surface area (Å²) in [5.74, 6) is 0.239. The number of anilines is 2. The molecule has 1 aromatic carbocycles. The molecule has 1 amide bonds. The predicted octanol–water partition coefficient (Wildman–Crippen LogP) is 3.33. The van der Waals surface area contributed by atoms with Gasteiger partial charge < -0.3 is 20.7 Å². The second-order valence-electron chi connectivity index (χ2n) is 8.30. The van der Waals surface area contributed by atoms with Crippen LogP contribution >= 0.6 is 0 Å². The monoisotopic (exact) mass is 443 g/mol. The lowest BCUT2D eigenvalue weighted by molar-refractivity contribution is 0.102. The van der Waals surface area contributed by atoms with E-state index in [1.807, 2.05) is 24.3 Å². The van der Waals surface area contributed by atoms with Gasteiger partial charge in [0.2, 0.25) is 5.88 Å². The van der Waals surface area contributed by atoms with E-state index in [-0.39, 0.29) is 12.0 Å². The summed E-state index contributed by atoms with van der Waals surface area (Å²) in [4.78, 5) is 23.7.